The van der Waals surface area contributed by atoms with Crippen LogP contribution in [0.1, 0.15) is 17.0 Å². The van der Waals surface area contributed by atoms with E-state index in [-0.39, 0.29) is 11.9 Å². The number of carbonyl (C=O) groups excluding carboxylic acids is 1. The molecule has 0 radical (unpaired) electrons. The molecule has 2 aliphatic rings. The van der Waals surface area contributed by atoms with Crippen LogP contribution < -0.4 is 5.32 Å². The number of hydrogen-bond acceptors (Lipinski definition) is 4. The summed E-state index contributed by atoms with van der Waals surface area (Å²) >= 11 is 0. The molecular weight excluding hydrogens is 266 g/mol. The number of carbonyl (C=O) groups is 1. The molecule has 0 fully saturated rings. The van der Waals surface area contributed by atoms with Gasteiger partial charge in [0.15, 0.2) is 5.82 Å². The Morgan fingerprint density at radius 1 is 1.24 bits per heavy atom. The van der Waals surface area contributed by atoms with Gasteiger partial charge in [0.2, 0.25) is 5.91 Å². The van der Waals surface area contributed by atoms with Crippen molar-refractivity contribution < 1.29 is 4.79 Å². The monoisotopic (exact) mass is 283 g/mol. The van der Waals surface area contributed by atoms with Crippen LogP contribution in [0.3, 0.4) is 0 Å². The van der Waals surface area contributed by atoms with Gasteiger partial charge in [0.05, 0.1) is 12.6 Å². The molecular formula is C15H17N5O. The maximum atomic E-state index is 12.7. The Morgan fingerprint density at radius 2 is 2.10 bits per heavy atom. The molecule has 0 bridgehead atoms. The van der Waals surface area contributed by atoms with Gasteiger partial charge in [-0.1, -0.05) is 24.3 Å². The van der Waals surface area contributed by atoms with Crippen molar-refractivity contribution in [1.82, 2.24) is 25.0 Å². The minimum Gasteiger partial charge on any atom is -0.332 e. The highest BCUT2D eigenvalue weighted by Crippen LogP contribution is 2.19. The highest BCUT2D eigenvalue weighted by Gasteiger charge is 2.30. The predicted molar refractivity (Wildman–Crippen MR) is 76.2 cm³/mol. The average Bonchev–Trinajstić information content (AvgIpc) is 3.01. The van der Waals surface area contributed by atoms with E-state index in [1.165, 1.54) is 11.1 Å². The second kappa shape index (κ2) is 4.96. The Morgan fingerprint density at radius 3 is 3.00 bits per heavy atom. The smallest absolute Gasteiger partial charge is 0.240 e. The fraction of sp³-hybridized carbons (Fsp3) is 0.400. The highest BCUT2D eigenvalue weighted by molar-refractivity contribution is 5.82. The largest absolute Gasteiger partial charge is 0.332 e. The third-order valence-electron chi connectivity index (χ3n) is 4.33. The lowest BCUT2D eigenvalue weighted by Crippen LogP contribution is -2.51. The zero-order chi connectivity index (χ0) is 14.2. The number of benzene rings is 1. The molecule has 6 nitrogen and oxygen atoms in total. The van der Waals surface area contributed by atoms with E-state index in [1.54, 1.807) is 6.33 Å². The Kier molecular flexibility index (Phi) is 2.96. The van der Waals surface area contributed by atoms with Gasteiger partial charge in [0, 0.05) is 19.6 Å². The minimum absolute atomic E-state index is 0.130. The van der Waals surface area contributed by atoms with Crippen molar-refractivity contribution in [3.05, 3.63) is 47.5 Å². The van der Waals surface area contributed by atoms with Crippen LogP contribution in [0, 0.1) is 0 Å². The fourth-order valence-electron chi connectivity index (χ4n) is 3.10. The van der Waals surface area contributed by atoms with Gasteiger partial charge in [0.25, 0.3) is 0 Å². The summed E-state index contributed by atoms with van der Waals surface area (Å²) in [4.78, 5) is 14.6. The third kappa shape index (κ3) is 2.21. The van der Waals surface area contributed by atoms with Crippen molar-refractivity contribution in [3.8, 4) is 0 Å². The van der Waals surface area contributed by atoms with Crippen molar-refractivity contribution in [2.45, 2.75) is 32.1 Å². The second-order valence-electron chi connectivity index (χ2n) is 5.61. The van der Waals surface area contributed by atoms with Crippen LogP contribution in [0.15, 0.2) is 30.6 Å². The molecule has 108 valence electrons. The van der Waals surface area contributed by atoms with Crippen LogP contribution in [0.25, 0.3) is 0 Å². The predicted octanol–water partition coefficient (Wildman–Crippen LogP) is 0.335. The van der Waals surface area contributed by atoms with E-state index in [0.29, 0.717) is 6.54 Å². The zero-order valence-electron chi connectivity index (χ0n) is 11.7. The van der Waals surface area contributed by atoms with E-state index in [9.17, 15) is 4.79 Å². The molecule has 2 aromatic rings. The molecule has 0 unspecified atom stereocenters. The molecule has 0 spiro atoms. The Labute approximate surface area is 122 Å². The molecule has 0 saturated heterocycles. The summed E-state index contributed by atoms with van der Waals surface area (Å²) in [5.74, 6) is 1.03. The van der Waals surface area contributed by atoms with Gasteiger partial charge < -0.3 is 14.8 Å². The van der Waals surface area contributed by atoms with E-state index in [2.05, 4.69) is 27.6 Å². The summed E-state index contributed by atoms with van der Waals surface area (Å²) in [7, 11) is 0. The second-order valence-corrected chi connectivity index (χ2v) is 5.61. The number of fused-ring (bicyclic) bond motifs is 2. The maximum Gasteiger partial charge on any atom is 0.240 e. The first-order chi connectivity index (χ1) is 10.3. The van der Waals surface area contributed by atoms with Crippen LogP contribution in [-0.2, 0) is 30.8 Å². The van der Waals surface area contributed by atoms with Crippen LogP contribution >= 0.6 is 0 Å². The lowest BCUT2D eigenvalue weighted by atomic mass is 9.95. The molecule has 1 amide bonds. The molecule has 2 aliphatic heterocycles. The molecule has 1 N–H and O–H groups in total. The molecule has 21 heavy (non-hydrogen) atoms. The molecule has 0 aliphatic carbocycles. The third-order valence-corrected chi connectivity index (χ3v) is 4.33. The lowest BCUT2D eigenvalue weighted by Gasteiger charge is -2.33. The van der Waals surface area contributed by atoms with E-state index in [4.69, 9.17) is 0 Å². The van der Waals surface area contributed by atoms with Crippen molar-refractivity contribution in [3.63, 3.8) is 0 Å². The topological polar surface area (TPSA) is 63.1 Å². The molecule has 3 heterocycles. The van der Waals surface area contributed by atoms with Crippen molar-refractivity contribution in [2.75, 3.05) is 6.54 Å². The maximum absolute atomic E-state index is 12.7. The van der Waals surface area contributed by atoms with Gasteiger partial charge in [0.1, 0.15) is 6.33 Å². The van der Waals surface area contributed by atoms with Crippen LogP contribution in [0.4, 0.5) is 0 Å². The number of nitrogens with zero attached hydrogens (tertiary/aromatic N) is 4. The van der Waals surface area contributed by atoms with E-state index >= 15 is 0 Å². The van der Waals surface area contributed by atoms with Crippen molar-refractivity contribution in [2.24, 2.45) is 0 Å². The van der Waals surface area contributed by atoms with Gasteiger partial charge in [-0.15, -0.1) is 10.2 Å². The summed E-state index contributed by atoms with van der Waals surface area (Å²) in [6, 6.07) is 8.18. The quantitative estimate of drug-likeness (QED) is 0.819. The molecule has 1 atom stereocenters. The fourth-order valence-corrected chi connectivity index (χ4v) is 3.10. The van der Waals surface area contributed by atoms with Crippen molar-refractivity contribution >= 4 is 5.91 Å². The molecule has 1 aromatic carbocycles. The Balaban J connectivity index is 1.49. The molecule has 0 saturated carbocycles. The average molecular weight is 283 g/mol. The first-order valence-corrected chi connectivity index (χ1v) is 7.27. The van der Waals surface area contributed by atoms with Gasteiger partial charge >= 0.3 is 0 Å². The van der Waals surface area contributed by atoms with Gasteiger partial charge in [-0.2, -0.15) is 0 Å². The number of aromatic nitrogens is 3. The summed E-state index contributed by atoms with van der Waals surface area (Å²) in [6.07, 6.45) is 2.49. The molecule has 6 heteroatoms. The summed E-state index contributed by atoms with van der Waals surface area (Å²) in [5, 5.41) is 11.3. The highest BCUT2D eigenvalue weighted by atomic mass is 16.2. The number of nitrogens with one attached hydrogen (secondary N) is 1. The molecule has 4 rings (SSSR count). The van der Waals surface area contributed by atoms with Crippen molar-refractivity contribution in [1.29, 1.82) is 0 Å². The SMILES string of the molecule is O=C([C@@H]1Cc2ccccc2CN1)N1CCn2cnnc2C1. The van der Waals surface area contributed by atoms with Crippen LogP contribution in [0.2, 0.25) is 0 Å². The zero-order valence-corrected chi connectivity index (χ0v) is 11.7. The van der Waals surface area contributed by atoms with E-state index in [1.807, 2.05) is 21.6 Å². The molecule has 1 aromatic heterocycles. The summed E-state index contributed by atoms with van der Waals surface area (Å²) in [6.45, 7) is 2.82. The number of rotatable bonds is 1. The van der Waals surface area contributed by atoms with E-state index < -0.39 is 0 Å². The first kappa shape index (κ1) is 12.5. The van der Waals surface area contributed by atoms with Gasteiger partial charge in [-0.05, 0) is 17.5 Å². The standard InChI is InChI=1S/C15H17N5O/c21-15(19-5-6-20-10-17-18-14(20)9-19)13-7-11-3-1-2-4-12(11)8-16-13/h1-4,10,13,16H,5-9H2/t13-/m0/s1. The van der Waals surface area contributed by atoms with Gasteiger partial charge in [-0.25, -0.2) is 0 Å². The van der Waals surface area contributed by atoms with Gasteiger partial charge in [-0.3, -0.25) is 4.79 Å². The Hall–Kier alpha value is -2.21. The summed E-state index contributed by atoms with van der Waals surface area (Å²) < 4.78 is 2.01. The Bertz CT molecular complexity index is 680. The first-order valence-electron chi connectivity index (χ1n) is 7.27. The minimum atomic E-state index is -0.130. The number of hydrogen-bond donors (Lipinski definition) is 1. The van der Waals surface area contributed by atoms with Crippen LogP contribution in [0.5, 0.6) is 0 Å². The number of amides is 1. The van der Waals surface area contributed by atoms with E-state index in [0.717, 1.165) is 31.9 Å². The lowest BCUT2D eigenvalue weighted by molar-refractivity contribution is -0.135. The summed E-state index contributed by atoms with van der Waals surface area (Å²) in [5.41, 5.74) is 2.56. The van der Waals surface area contributed by atoms with Crippen LogP contribution in [-0.4, -0.2) is 38.2 Å². The normalized spacial score (nSPS) is 20.8.